The van der Waals surface area contributed by atoms with Gasteiger partial charge in [0.15, 0.2) is 11.6 Å². The summed E-state index contributed by atoms with van der Waals surface area (Å²) < 4.78 is 44.9. The number of aromatic nitrogens is 2. The van der Waals surface area contributed by atoms with Gasteiger partial charge in [0.25, 0.3) is 11.6 Å². The molecule has 0 atom stereocenters. The SMILES string of the molecule is Cc1noc2nc(-c3ccc(F)cc3)cc(C(=O)Nc3ccc(F)c(F)c3)c12. The molecule has 0 saturated carbocycles. The van der Waals surface area contributed by atoms with Crippen molar-refractivity contribution in [3.05, 3.63) is 77.2 Å². The third-order valence-electron chi connectivity index (χ3n) is 4.18. The smallest absolute Gasteiger partial charge is 0.259 e. The number of nitrogens with zero attached hydrogens (tertiary/aromatic N) is 2. The number of aryl methyl sites for hydroxylation is 1. The number of hydrogen-bond acceptors (Lipinski definition) is 4. The van der Waals surface area contributed by atoms with Crippen LogP contribution in [0.3, 0.4) is 0 Å². The summed E-state index contributed by atoms with van der Waals surface area (Å²) in [6.07, 6.45) is 0. The van der Waals surface area contributed by atoms with Crippen LogP contribution in [0.4, 0.5) is 18.9 Å². The highest BCUT2D eigenvalue weighted by Gasteiger charge is 2.20. The molecule has 4 aromatic rings. The van der Waals surface area contributed by atoms with Crippen molar-refractivity contribution in [2.45, 2.75) is 6.92 Å². The van der Waals surface area contributed by atoms with Crippen LogP contribution in [0.25, 0.3) is 22.4 Å². The minimum absolute atomic E-state index is 0.0892. The number of hydrogen-bond donors (Lipinski definition) is 1. The Balaban J connectivity index is 1.79. The molecule has 0 bridgehead atoms. The second kappa shape index (κ2) is 6.80. The topological polar surface area (TPSA) is 68.0 Å². The lowest BCUT2D eigenvalue weighted by molar-refractivity contribution is 0.102. The Kier molecular flexibility index (Phi) is 4.31. The summed E-state index contributed by atoms with van der Waals surface area (Å²) in [5.74, 6) is -3.08. The molecule has 0 unspecified atom stereocenters. The maximum absolute atomic E-state index is 13.4. The van der Waals surface area contributed by atoms with E-state index in [0.717, 1.165) is 12.1 Å². The van der Waals surface area contributed by atoms with Gasteiger partial charge in [-0.25, -0.2) is 18.2 Å². The Bertz CT molecular complexity index is 1200. The van der Waals surface area contributed by atoms with Gasteiger partial charge < -0.3 is 9.84 Å². The molecule has 8 heteroatoms. The summed E-state index contributed by atoms with van der Waals surface area (Å²) in [4.78, 5) is 17.2. The lowest BCUT2D eigenvalue weighted by Gasteiger charge is -2.09. The number of amides is 1. The van der Waals surface area contributed by atoms with Gasteiger partial charge in [-0.05, 0) is 49.4 Å². The van der Waals surface area contributed by atoms with Crippen molar-refractivity contribution in [1.29, 1.82) is 0 Å². The standard InChI is InChI=1S/C20H12F3N3O2/c1-10-18-14(19(27)24-13-6-7-15(22)16(23)8-13)9-17(25-20(18)28-26-10)11-2-4-12(21)5-3-11/h2-9H,1H3,(H,24,27). The largest absolute Gasteiger partial charge is 0.335 e. The summed E-state index contributed by atoms with van der Waals surface area (Å²) >= 11 is 0. The number of carbonyl (C=O) groups excluding carboxylic acids is 1. The normalized spacial score (nSPS) is 11.0. The van der Waals surface area contributed by atoms with E-state index in [9.17, 15) is 18.0 Å². The molecule has 1 amide bonds. The quantitative estimate of drug-likeness (QED) is 0.548. The molecule has 0 aliphatic rings. The van der Waals surface area contributed by atoms with Crippen LogP contribution in [0.1, 0.15) is 16.1 Å². The highest BCUT2D eigenvalue weighted by molar-refractivity contribution is 6.13. The van der Waals surface area contributed by atoms with Crippen LogP contribution in [0.2, 0.25) is 0 Å². The van der Waals surface area contributed by atoms with Gasteiger partial charge in [0, 0.05) is 17.3 Å². The summed E-state index contributed by atoms with van der Waals surface area (Å²) in [5, 5.41) is 6.75. The average molecular weight is 383 g/mol. The first-order valence-corrected chi connectivity index (χ1v) is 8.22. The Morgan fingerprint density at radius 3 is 2.46 bits per heavy atom. The molecule has 1 N–H and O–H groups in total. The van der Waals surface area contributed by atoms with Crippen molar-refractivity contribution in [3.8, 4) is 11.3 Å². The first-order chi connectivity index (χ1) is 13.4. The van der Waals surface area contributed by atoms with Gasteiger partial charge in [0.05, 0.1) is 22.3 Å². The minimum atomic E-state index is -1.08. The molecule has 28 heavy (non-hydrogen) atoms. The summed E-state index contributed by atoms with van der Waals surface area (Å²) in [6.45, 7) is 1.65. The fourth-order valence-electron chi connectivity index (χ4n) is 2.81. The number of benzene rings is 2. The zero-order valence-electron chi connectivity index (χ0n) is 14.5. The third-order valence-corrected chi connectivity index (χ3v) is 4.18. The van der Waals surface area contributed by atoms with Crippen LogP contribution in [0.15, 0.2) is 53.1 Å². The molecule has 0 aliphatic heterocycles. The molecule has 0 spiro atoms. The maximum atomic E-state index is 13.4. The summed E-state index contributed by atoms with van der Waals surface area (Å²) in [5.41, 5.74) is 1.80. The minimum Gasteiger partial charge on any atom is -0.335 e. The van der Waals surface area contributed by atoms with Crippen molar-refractivity contribution in [1.82, 2.24) is 10.1 Å². The maximum Gasteiger partial charge on any atom is 0.259 e. The fourth-order valence-corrected chi connectivity index (χ4v) is 2.81. The van der Waals surface area contributed by atoms with Gasteiger partial charge in [-0.3, -0.25) is 4.79 Å². The zero-order chi connectivity index (χ0) is 19.8. The number of anilines is 1. The summed E-state index contributed by atoms with van der Waals surface area (Å²) in [6, 6.07) is 10.1. The molecule has 140 valence electrons. The van der Waals surface area contributed by atoms with E-state index in [2.05, 4.69) is 15.5 Å². The van der Waals surface area contributed by atoms with E-state index < -0.39 is 23.4 Å². The summed E-state index contributed by atoms with van der Waals surface area (Å²) in [7, 11) is 0. The van der Waals surface area contributed by atoms with Crippen LogP contribution in [-0.4, -0.2) is 16.0 Å². The van der Waals surface area contributed by atoms with Gasteiger partial charge in [-0.1, -0.05) is 5.16 Å². The molecular formula is C20H12F3N3O2. The first kappa shape index (κ1) is 17.7. The van der Waals surface area contributed by atoms with Crippen LogP contribution in [0, 0.1) is 24.4 Å². The number of pyridine rings is 1. The number of nitrogens with one attached hydrogen (secondary N) is 1. The van der Waals surface area contributed by atoms with Crippen LogP contribution >= 0.6 is 0 Å². The number of rotatable bonds is 3. The van der Waals surface area contributed by atoms with Gasteiger partial charge in [0.1, 0.15) is 5.82 Å². The van der Waals surface area contributed by atoms with E-state index in [-0.39, 0.29) is 17.0 Å². The molecule has 0 radical (unpaired) electrons. The van der Waals surface area contributed by atoms with Gasteiger partial charge in [0.2, 0.25) is 0 Å². The molecule has 0 aliphatic carbocycles. The van der Waals surface area contributed by atoms with E-state index in [1.165, 1.54) is 36.4 Å². The highest BCUT2D eigenvalue weighted by Crippen LogP contribution is 2.28. The molecule has 4 rings (SSSR count). The lowest BCUT2D eigenvalue weighted by Crippen LogP contribution is -2.13. The van der Waals surface area contributed by atoms with Gasteiger partial charge in [-0.15, -0.1) is 0 Å². The Morgan fingerprint density at radius 2 is 1.75 bits per heavy atom. The predicted molar refractivity (Wildman–Crippen MR) is 96.2 cm³/mol. The van der Waals surface area contributed by atoms with Crippen LogP contribution in [0.5, 0.6) is 0 Å². The van der Waals surface area contributed by atoms with Crippen molar-refractivity contribution < 1.29 is 22.5 Å². The number of fused-ring (bicyclic) bond motifs is 1. The highest BCUT2D eigenvalue weighted by atomic mass is 19.2. The Morgan fingerprint density at radius 1 is 1.00 bits per heavy atom. The van der Waals surface area contributed by atoms with E-state index in [1.807, 2.05) is 0 Å². The second-order valence-electron chi connectivity index (χ2n) is 6.09. The van der Waals surface area contributed by atoms with E-state index >= 15 is 0 Å². The number of carbonyl (C=O) groups is 1. The van der Waals surface area contributed by atoms with E-state index in [0.29, 0.717) is 22.3 Å². The van der Waals surface area contributed by atoms with E-state index in [4.69, 9.17) is 4.52 Å². The average Bonchev–Trinajstić information content (AvgIpc) is 3.05. The van der Waals surface area contributed by atoms with Gasteiger partial charge >= 0.3 is 0 Å². The molecule has 2 aromatic carbocycles. The molecular weight excluding hydrogens is 371 g/mol. The predicted octanol–water partition coefficient (Wildman–Crippen LogP) is 4.87. The first-order valence-electron chi connectivity index (χ1n) is 8.22. The monoisotopic (exact) mass is 383 g/mol. The molecule has 2 heterocycles. The Hall–Kier alpha value is -3.68. The molecule has 0 saturated heterocycles. The molecule has 5 nitrogen and oxygen atoms in total. The van der Waals surface area contributed by atoms with E-state index in [1.54, 1.807) is 6.92 Å². The zero-order valence-corrected chi connectivity index (χ0v) is 14.5. The lowest BCUT2D eigenvalue weighted by atomic mass is 10.0. The van der Waals surface area contributed by atoms with Crippen LogP contribution in [-0.2, 0) is 0 Å². The van der Waals surface area contributed by atoms with Crippen molar-refractivity contribution >= 4 is 22.7 Å². The Labute approximate surface area is 156 Å². The number of halogens is 3. The van der Waals surface area contributed by atoms with Crippen LogP contribution < -0.4 is 5.32 Å². The fraction of sp³-hybridized carbons (Fsp3) is 0.0500. The molecule has 2 aromatic heterocycles. The third kappa shape index (κ3) is 3.20. The van der Waals surface area contributed by atoms with Crippen molar-refractivity contribution in [2.24, 2.45) is 0 Å². The second-order valence-corrected chi connectivity index (χ2v) is 6.09. The van der Waals surface area contributed by atoms with Gasteiger partial charge in [-0.2, -0.15) is 0 Å². The van der Waals surface area contributed by atoms with Crippen molar-refractivity contribution in [2.75, 3.05) is 5.32 Å². The van der Waals surface area contributed by atoms with Crippen molar-refractivity contribution in [3.63, 3.8) is 0 Å². The molecule has 0 fully saturated rings.